The first kappa shape index (κ1) is 21.1. The smallest absolute Gasteiger partial charge is 0.387 e. The number of rotatable bonds is 7. The maximum Gasteiger partial charge on any atom is 0.418 e. The number of ether oxygens (including phenoxy) is 1. The van der Waals surface area contributed by atoms with Gasteiger partial charge in [0.15, 0.2) is 11.5 Å². The molecule has 2 amide bonds. The van der Waals surface area contributed by atoms with Gasteiger partial charge in [-0.15, -0.1) is 0 Å². The first-order valence-corrected chi connectivity index (χ1v) is 10.1. The van der Waals surface area contributed by atoms with E-state index < -0.39 is 6.09 Å². The Morgan fingerprint density at radius 1 is 1.19 bits per heavy atom. The number of hydrogen-bond acceptors (Lipinski definition) is 9. The second-order valence-electron chi connectivity index (χ2n) is 7.21. The molecule has 2 N–H and O–H groups in total. The highest BCUT2D eigenvalue weighted by molar-refractivity contribution is 6.01. The summed E-state index contributed by atoms with van der Waals surface area (Å²) in [6, 6.07) is 3.20. The Morgan fingerprint density at radius 3 is 2.69 bits per heavy atom. The van der Waals surface area contributed by atoms with Crippen molar-refractivity contribution >= 4 is 29.2 Å². The van der Waals surface area contributed by atoms with Crippen molar-refractivity contribution in [3.8, 4) is 5.88 Å². The molecule has 1 aliphatic carbocycles. The number of amides is 2. The molecule has 1 saturated carbocycles. The SMILES string of the molecule is CCN(C)C(=O)c1ncccc1NC(=O)Oc1nc(C2CC2)cnc1Nc1cncnc1. The molecule has 0 spiro atoms. The Morgan fingerprint density at radius 2 is 1.97 bits per heavy atom. The van der Waals surface area contributed by atoms with Gasteiger partial charge in [0.25, 0.3) is 11.8 Å². The maximum atomic E-state index is 12.7. The van der Waals surface area contributed by atoms with Gasteiger partial charge in [0, 0.05) is 25.7 Å². The second kappa shape index (κ2) is 9.33. The van der Waals surface area contributed by atoms with Gasteiger partial charge in [0.05, 0.1) is 35.7 Å². The predicted molar refractivity (Wildman–Crippen MR) is 116 cm³/mol. The predicted octanol–water partition coefficient (Wildman–Crippen LogP) is 2.99. The van der Waals surface area contributed by atoms with Crippen LogP contribution in [0.1, 0.15) is 41.9 Å². The normalized spacial score (nSPS) is 12.7. The number of carbonyl (C=O) groups is 2. The summed E-state index contributed by atoms with van der Waals surface area (Å²) in [5.41, 5.74) is 1.67. The first-order chi connectivity index (χ1) is 15.5. The number of aromatic nitrogens is 5. The molecule has 32 heavy (non-hydrogen) atoms. The molecule has 11 heteroatoms. The number of nitrogens with one attached hydrogen (secondary N) is 2. The van der Waals surface area contributed by atoms with E-state index in [1.807, 2.05) is 6.92 Å². The molecule has 4 rings (SSSR count). The summed E-state index contributed by atoms with van der Waals surface area (Å²) in [7, 11) is 1.66. The second-order valence-corrected chi connectivity index (χ2v) is 7.21. The summed E-state index contributed by atoms with van der Waals surface area (Å²) >= 11 is 0. The van der Waals surface area contributed by atoms with Crippen molar-refractivity contribution < 1.29 is 14.3 Å². The summed E-state index contributed by atoms with van der Waals surface area (Å²) in [4.78, 5) is 47.6. The Hall–Kier alpha value is -4.15. The van der Waals surface area contributed by atoms with Crippen LogP contribution in [0.2, 0.25) is 0 Å². The third kappa shape index (κ3) is 4.94. The average molecular weight is 434 g/mol. The molecule has 0 saturated heterocycles. The van der Waals surface area contributed by atoms with Gasteiger partial charge in [0.1, 0.15) is 6.33 Å². The van der Waals surface area contributed by atoms with Crippen molar-refractivity contribution in [3.05, 3.63) is 54.6 Å². The Labute approximate surface area is 184 Å². The highest BCUT2D eigenvalue weighted by Gasteiger charge is 2.27. The summed E-state index contributed by atoms with van der Waals surface area (Å²) in [5.74, 6) is 0.255. The van der Waals surface area contributed by atoms with Crippen LogP contribution in [-0.4, -0.2) is 55.4 Å². The minimum atomic E-state index is -0.819. The average Bonchev–Trinajstić information content (AvgIpc) is 3.66. The summed E-state index contributed by atoms with van der Waals surface area (Å²) in [5, 5.41) is 5.59. The lowest BCUT2D eigenvalue weighted by Gasteiger charge is -2.16. The van der Waals surface area contributed by atoms with Gasteiger partial charge in [-0.05, 0) is 31.9 Å². The summed E-state index contributed by atoms with van der Waals surface area (Å²) in [6.07, 6.45) is 8.89. The topological polar surface area (TPSA) is 135 Å². The van der Waals surface area contributed by atoms with Crippen molar-refractivity contribution in [2.75, 3.05) is 24.2 Å². The molecule has 0 unspecified atom stereocenters. The molecule has 0 bridgehead atoms. The van der Waals surface area contributed by atoms with E-state index in [1.54, 1.807) is 37.8 Å². The fourth-order valence-electron chi connectivity index (χ4n) is 2.84. The van der Waals surface area contributed by atoms with Gasteiger partial charge >= 0.3 is 6.09 Å². The molecule has 1 fully saturated rings. The quantitative estimate of drug-likeness (QED) is 0.575. The number of hydrogen-bond donors (Lipinski definition) is 2. The number of nitrogens with zero attached hydrogens (tertiary/aromatic N) is 6. The first-order valence-electron chi connectivity index (χ1n) is 10.1. The molecule has 1 aliphatic rings. The highest BCUT2D eigenvalue weighted by Crippen LogP contribution is 2.40. The Balaban J connectivity index is 1.55. The van der Waals surface area contributed by atoms with E-state index in [-0.39, 0.29) is 29.0 Å². The molecule has 11 nitrogen and oxygen atoms in total. The van der Waals surface area contributed by atoms with Gasteiger partial charge in [-0.2, -0.15) is 0 Å². The van der Waals surface area contributed by atoms with Crippen LogP contribution in [0.4, 0.5) is 22.0 Å². The minimum Gasteiger partial charge on any atom is -0.387 e. The maximum absolute atomic E-state index is 12.7. The van der Waals surface area contributed by atoms with Crippen LogP contribution in [0, 0.1) is 0 Å². The van der Waals surface area contributed by atoms with Crippen LogP contribution in [0.15, 0.2) is 43.2 Å². The van der Waals surface area contributed by atoms with Crippen LogP contribution in [-0.2, 0) is 0 Å². The van der Waals surface area contributed by atoms with Crippen molar-refractivity contribution in [2.24, 2.45) is 0 Å². The lowest BCUT2D eigenvalue weighted by molar-refractivity contribution is 0.0798. The molecule has 0 aliphatic heterocycles. The fraction of sp³-hybridized carbons (Fsp3) is 0.286. The highest BCUT2D eigenvalue weighted by atomic mass is 16.6. The number of pyridine rings is 1. The lowest BCUT2D eigenvalue weighted by atomic mass is 10.2. The van der Waals surface area contributed by atoms with Gasteiger partial charge < -0.3 is 15.0 Å². The number of anilines is 3. The standard InChI is InChI=1S/C21H22N8O3/c1-3-29(2)20(30)17-15(5-4-8-24-17)28-21(31)32-19-18(26-14-9-22-12-23-10-14)25-11-16(27-19)13-6-7-13/h4-5,8-13H,3,6-7H2,1-2H3,(H,25,26)(H,28,31). The summed E-state index contributed by atoms with van der Waals surface area (Å²) in [6.45, 7) is 2.35. The third-order valence-electron chi connectivity index (χ3n) is 4.84. The van der Waals surface area contributed by atoms with Crippen molar-refractivity contribution in [1.82, 2.24) is 29.8 Å². The molecule has 3 aromatic rings. The molecule has 0 aromatic carbocycles. The fourth-order valence-corrected chi connectivity index (χ4v) is 2.84. The Bertz CT molecular complexity index is 1120. The zero-order valence-corrected chi connectivity index (χ0v) is 17.6. The molecule has 164 valence electrons. The largest absolute Gasteiger partial charge is 0.418 e. The van der Waals surface area contributed by atoms with E-state index in [2.05, 4.69) is 35.6 Å². The van der Waals surface area contributed by atoms with Gasteiger partial charge in [-0.25, -0.2) is 29.7 Å². The molecule has 3 heterocycles. The van der Waals surface area contributed by atoms with E-state index in [0.717, 1.165) is 18.5 Å². The van der Waals surface area contributed by atoms with E-state index in [0.29, 0.717) is 18.2 Å². The molecular weight excluding hydrogens is 412 g/mol. The third-order valence-corrected chi connectivity index (χ3v) is 4.84. The molecule has 0 atom stereocenters. The van der Waals surface area contributed by atoms with Crippen molar-refractivity contribution in [3.63, 3.8) is 0 Å². The van der Waals surface area contributed by atoms with Crippen molar-refractivity contribution in [1.29, 1.82) is 0 Å². The number of carbonyl (C=O) groups excluding carboxylic acids is 2. The zero-order chi connectivity index (χ0) is 22.5. The molecule has 3 aromatic heterocycles. The monoisotopic (exact) mass is 434 g/mol. The van der Waals surface area contributed by atoms with Gasteiger partial charge in [-0.3, -0.25) is 10.1 Å². The van der Waals surface area contributed by atoms with E-state index in [4.69, 9.17) is 4.74 Å². The van der Waals surface area contributed by atoms with Crippen LogP contribution in [0.5, 0.6) is 5.88 Å². The van der Waals surface area contributed by atoms with Crippen LogP contribution in [0.25, 0.3) is 0 Å². The minimum absolute atomic E-state index is 0.0122. The van der Waals surface area contributed by atoms with E-state index in [1.165, 1.54) is 17.4 Å². The van der Waals surface area contributed by atoms with E-state index >= 15 is 0 Å². The van der Waals surface area contributed by atoms with Gasteiger partial charge in [-0.1, -0.05) is 0 Å². The molecular formula is C21H22N8O3. The zero-order valence-electron chi connectivity index (χ0n) is 17.6. The Kier molecular flexibility index (Phi) is 6.15. The van der Waals surface area contributed by atoms with Crippen LogP contribution >= 0.6 is 0 Å². The van der Waals surface area contributed by atoms with Gasteiger partial charge in [0.2, 0.25) is 0 Å². The molecule has 0 radical (unpaired) electrons. The van der Waals surface area contributed by atoms with Crippen molar-refractivity contribution in [2.45, 2.75) is 25.7 Å². The van der Waals surface area contributed by atoms with Crippen LogP contribution in [0.3, 0.4) is 0 Å². The van der Waals surface area contributed by atoms with E-state index in [9.17, 15) is 9.59 Å². The van der Waals surface area contributed by atoms with Crippen LogP contribution < -0.4 is 15.4 Å². The summed E-state index contributed by atoms with van der Waals surface area (Å²) < 4.78 is 5.48. The lowest BCUT2D eigenvalue weighted by Crippen LogP contribution is -2.29.